The fourth-order valence-electron chi connectivity index (χ4n) is 2.71. The van der Waals surface area contributed by atoms with Crippen LogP contribution in [0.3, 0.4) is 0 Å². The van der Waals surface area contributed by atoms with E-state index in [-0.39, 0.29) is 28.1 Å². The third kappa shape index (κ3) is 3.67. The van der Waals surface area contributed by atoms with Crippen molar-refractivity contribution in [3.63, 3.8) is 0 Å². The minimum atomic E-state index is -4.45. The maximum atomic E-state index is 12.6. The Morgan fingerprint density at radius 2 is 2.04 bits per heavy atom. The molecule has 1 aromatic carbocycles. The van der Waals surface area contributed by atoms with Gasteiger partial charge in [0.2, 0.25) is 0 Å². The van der Waals surface area contributed by atoms with E-state index in [9.17, 15) is 18.0 Å². The molecular formula is C16H13ClF3N3O3. The summed E-state index contributed by atoms with van der Waals surface area (Å²) in [6.45, 7) is 0. The number of carbonyl (C=O) groups is 1. The summed E-state index contributed by atoms with van der Waals surface area (Å²) in [7, 11) is 0. The van der Waals surface area contributed by atoms with Crippen molar-refractivity contribution in [3.05, 3.63) is 40.5 Å². The molecule has 2 aromatic rings. The summed E-state index contributed by atoms with van der Waals surface area (Å²) in [4.78, 5) is 12.3. The van der Waals surface area contributed by atoms with Crippen molar-refractivity contribution in [3.8, 4) is 11.3 Å². The van der Waals surface area contributed by atoms with E-state index in [1.165, 1.54) is 12.1 Å². The first-order valence-corrected chi connectivity index (χ1v) is 8.01. The molecule has 1 atom stereocenters. The molecule has 0 saturated heterocycles. The number of benzene rings is 1. The van der Waals surface area contributed by atoms with Crippen molar-refractivity contribution < 1.29 is 27.7 Å². The minimum absolute atomic E-state index is 0.00886. The standard InChI is InChI=1S/C16H13ClF3N3O3/c17-12-13(15(24)21-10-5-6-11(7-10)22-25)23-26-14(12)8-1-3-9(4-2-8)16(18,19)20/h1-4,10,25H,5-7H2,(H,21,24)/t10-/m1/s1. The number of amides is 1. The Hall–Kier alpha value is -2.55. The number of nitrogens with one attached hydrogen (secondary N) is 1. The van der Waals surface area contributed by atoms with E-state index < -0.39 is 17.6 Å². The molecule has 0 bridgehead atoms. The fourth-order valence-corrected chi connectivity index (χ4v) is 2.97. The highest BCUT2D eigenvalue weighted by molar-refractivity contribution is 6.35. The van der Waals surface area contributed by atoms with Crippen LogP contribution in [0.4, 0.5) is 13.2 Å². The zero-order valence-corrected chi connectivity index (χ0v) is 13.9. The Balaban J connectivity index is 1.76. The molecule has 138 valence electrons. The van der Waals surface area contributed by atoms with Gasteiger partial charge in [-0.15, -0.1) is 0 Å². The largest absolute Gasteiger partial charge is 0.416 e. The molecule has 10 heteroatoms. The summed E-state index contributed by atoms with van der Waals surface area (Å²) in [5.41, 5.74) is -0.106. The topological polar surface area (TPSA) is 87.7 Å². The number of nitrogens with zero attached hydrogens (tertiary/aromatic N) is 2. The summed E-state index contributed by atoms with van der Waals surface area (Å²) >= 11 is 6.12. The molecule has 26 heavy (non-hydrogen) atoms. The van der Waals surface area contributed by atoms with Crippen molar-refractivity contribution in [1.29, 1.82) is 0 Å². The second kappa shape index (κ2) is 6.99. The number of rotatable bonds is 3. The molecule has 1 heterocycles. The van der Waals surface area contributed by atoms with E-state index in [1.807, 2.05) is 0 Å². The summed E-state index contributed by atoms with van der Waals surface area (Å²) < 4.78 is 42.9. The van der Waals surface area contributed by atoms with Crippen LogP contribution in [-0.4, -0.2) is 28.0 Å². The molecule has 1 amide bonds. The summed E-state index contributed by atoms with van der Waals surface area (Å²) in [6.07, 6.45) is -2.84. The van der Waals surface area contributed by atoms with E-state index in [0.717, 1.165) is 12.1 Å². The molecule has 0 unspecified atom stereocenters. The Bertz CT molecular complexity index is 847. The first-order valence-electron chi connectivity index (χ1n) is 7.63. The van der Waals surface area contributed by atoms with E-state index in [4.69, 9.17) is 21.3 Å². The maximum Gasteiger partial charge on any atom is 0.416 e. The molecule has 1 saturated carbocycles. The van der Waals surface area contributed by atoms with Crippen LogP contribution in [0.5, 0.6) is 0 Å². The highest BCUT2D eigenvalue weighted by atomic mass is 35.5. The molecule has 0 spiro atoms. The normalized spacial score (nSPS) is 19.1. The number of aromatic nitrogens is 1. The van der Waals surface area contributed by atoms with Crippen molar-refractivity contribution >= 4 is 23.2 Å². The van der Waals surface area contributed by atoms with Crippen LogP contribution in [0, 0.1) is 0 Å². The zero-order valence-electron chi connectivity index (χ0n) is 13.2. The van der Waals surface area contributed by atoms with Gasteiger partial charge in [-0.05, 0) is 25.0 Å². The van der Waals surface area contributed by atoms with Crippen LogP contribution in [0.15, 0.2) is 33.9 Å². The molecule has 0 radical (unpaired) electrons. The molecule has 1 aliphatic rings. The SMILES string of the molecule is O=C(N[C@@H]1CCC(=NO)C1)c1noc(-c2ccc(C(F)(F)F)cc2)c1Cl. The van der Waals surface area contributed by atoms with Gasteiger partial charge in [0.1, 0.15) is 5.02 Å². The Labute approximate surface area is 150 Å². The summed E-state index contributed by atoms with van der Waals surface area (Å²) in [6, 6.07) is 3.95. The van der Waals surface area contributed by atoms with Crippen molar-refractivity contribution in [1.82, 2.24) is 10.5 Å². The lowest BCUT2D eigenvalue weighted by Crippen LogP contribution is -2.33. The monoisotopic (exact) mass is 387 g/mol. The quantitative estimate of drug-likeness (QED) is 0.612. The fraction of sp³-hybridized carbons (Fsp3) is 0.312. The van der Waals surface area contributed by atoms with Crippen molar-refractivity contribution in [2.45, 2.75) is 31.5 Å². The molecule has 1 aliphatic carbocycles. The van der Waals surface area contributed by atoms with E-state index >= 15 is 0 Å². The highest BCUT2D eigenvalue weighted by Gasteiger charge is 2.31. The predicted molar refractivity (Wildman–Crippen MR) is 86.3 cm³/mol. The second-order valence-electron chi connectivity index (χ2n) is 5.83. The van der Waals surface area contributed by atoms with Crippen molar-refractivity contribution in [2.75, 3.05) is 0 Å². The third-order valence-corrected chi connectivity index (χ3v) is 4.42. The number of hydrogen-bond acceptors (Lipinski definition) is 5. The van der Waals surface area contributed by atoms with Gasteiger partial charge in [0.15, 0.2) is 11.5 Å². The Morgan fingerprint density at radius 1 is 1.35 bits per heavy atom. The van der Waals surface area contributed by atoms with Crippen LogP contribution in [-0.2, 0) is 6.18 Å². The first-order chi connectivity index (χ1) is 12.3. The first kappa shape index (κ1) is 18.2. The van der Waals surface area contributed by atoms with Gasteiger partial charge < -0.3 is 15.0 Å². The highest BCUT2D eigenvalue weighted by Crippen LogP contribution is 2.34. The lowest BCUT2D eigenvalue weighted by atomic mass is 10.1. The minimum Gasteiger partial charge on any atom is -0.411 e. The molecular weight excluding hydrogens is 375 g/mol. The van der Waals surface area contributed by atoms with Gasteiger partial charge in [0.25, 0.3) is 5.91 Å². The smallest absolute Gasteiger partial charge is 0.411 e. The number of hydrogen-bond donors (Lipinski definition) is 2. The molecule has 1 aromatic heterocycles. The number of alkyl halides is 3. The van der Waals surface area contributed by atoms with Gasteiger partial charge in [-0.2, -0.15) is 13.2 Å². The van der Waals surface area contributed by atoms with E-state index in [2.05, 4.69) is 15.6 Å². The van der Waals surface area contributed by atoms with E-state index in [1.54, 1.807) is 0 Å². The second-order valence-corrected chi connectivity index (χ2v) is 6.21. The van der Waals surface area contributed by atoms with Gasteiger partial charge in [0, 0.05) is 18.0 Å². The van der Waals surface area contributed by atoms with Crippen LogP contribution < -0.4 is 5.32 Å². The maximum absolute atomic E-state index is 12.6. The lowest BCUT2D eigenvalue weighted by molar-refractivity contribution is -0.137. The summed E-state index contributed by atoms with van der Waals surface area (Å²) in [5.74, 6) is -0.560. The van der Waals surface area contributed by atoms with Crippen LogP contribution in [0.1, 0.15) is 35.3 Å². The number of oxime groups is 1. The van der Waals surface area contributed by atoms with Crippen LogP contribution in [0.25, 0.3) is 11.3 Å². The third-order valence-electron chi connectivity index (χ3n) is 4.07. The number of carbonyl (C=O) groups excluding carboxylic acids is 1. The molecule has 1 fully saturated rings. The lowest BCUT2D eigenvalue weighted by Gasteiger charge is -2.09. The van der Waals surface area contributed by atoms with Crippen molar-refractivity contribution in [2.24, 2.45) is 5.16 Å². The average Bonchev–Trinajstić information content (AvgIpc) is 3.20. The Kier molecular flexibility index (Phi) is 4.90. The van der Waals surface area contributed by atoms with Crippen LogP contribution >= 0.6 is 11.6 Å². The molecule has 6 nitrogen and oxygen atoms in total. The van der Waals surface area contributed by atoms with Gasteiger partial charge in [-0.1, -0.05) is 34.0 Å². The van der Waals surface area contributed by atoms with E-state index in [0.29, 0.717) is 25.0 Å². The predicted octanol–water partition coefficient (Wildman–Crippen LogP) is 4.13. The van der Waals surface area contributed by atoms with Gasteiger partial charge in [-0.25, -0.2) is 0 Å². The van der Waals surface area contributed by atoms with Gasteiger partial charge >= 0.3 is 6.18 Å². The average molecular weight is 388 g/mol. The van der Waals surface area contributed by atoms with Crippen LogP contribution in [0.2, 0.25) is 5.02 Å². The van der Waals surface area contributed by atoms with Gasteiger partial charge in [-0.3, -0.25) is 4.79 Å². The number of halogens is 4. The zero-order chi connectivity index (χ0) is 18.9. The van der Waals surface area contributed by atoms with Gasteiger partial charge in [0.05, 0.1) is 11.3 Å². The summed E-state index contributed by atoms with van der Waals surface area (Å²) in [5, 5.41) is 18.1. The molecule has 2 N–H and O–H groups in total. The Morgan fingerprint density at radius 3 is 2.62 bits per heavy atom. The molecule has 3 rings (SSSR count). The molecule has 0 aliphatic heterocycles.